The van der Waals surface area contributed by atoms with Crippen LogP contribution >= 0.6 is 0 Å². The van der Waals surface area contributed by atoms with Crippen LogP contribution in [0.1, 0.15) is 11.6 Å². The van der Waals surface area contributed by atoms with E-state index in [0.29, 0.717) is 34.8 Å². The molecule has 6 N–H and O–H groups in total. The van der Waals surface area contributed by atoms with Gasteiger partial charge in [-0.25, -0.2) is 9.37 Å². The van der Waals surface area contributed by atoms with Crippen molar-refractivity contribution in [1.82, 2.24) is 35.0 Å². The van der Waals surface area contributed by atoms with E-state index in [1.165, 1.54) is 12.1 Å². The number of nitrogens with one attached hydrogen (secondary N) is 2. The van der Waals surface area contributed by atoms with Gasteiger partial charge in [-0.05, 0) is 61.6 Å². The minimum Gasteiger partial charge on any atom is -0.397 e. The Morgan fingerprint density at radius 1 is 1.00 bits per heavy atom. The third kappa shape index (κ3) is 4.36. The number of hydrogen-bond acceptors (Lipinski definition) is 7. The number of hydrogen-bond donors (Lipinski definition) is 4. The van der Waals surface area contributed by atoms with E-state index in [2.05, 4.69) is 25.1 Å². The minimum atomic E-state index is -0.339. The lowest BCUT2D eigenvalue weighted by Crippen LogP contribution is -2.26. The summed E-state index contributed by atoms with van der Waals surface area (Å²) < 4.78 is 14.7. The van der Waals surface area contributed by atoms with Gasteiger partial charge in [0.2, 0.25) is 0 Å². The van der Waals surface area contributed by atoms with Crippen LogP contribution in [0.25, 0.3) is 55.8 Å². The van der Waals surface area contributed by atoms with Gasteiger partial charge in [0.15, 0.2) is 5.82 Å². The Labute approximate surface area is 217 Å². The number of likely N-dealkylation sites (N-methyl/N-ethyl adjacent to an activating group) is 1. The average Bonchev–Trinajstić information content (AvgIpc) is 3.51. The van der Waals surface area contributed by atoms with Crippen LogP contribution in [0.15, 0.2) is 67.1 Å². The highest BCUT2D eigenvalue weighted by molar-refractivity contribution is 5.97. The molecule has 0 fully saturated rings. The zero-order valence-corrected chi connectivity index (χ0v) is 20.9. The number of benzene rings is 2. The van der Waals surface area contributed by atoms with Crippen molar-refractivity contribution in [2.24, 2.45) is 5.73 Å². The topological polar surface area (TPSA) is 138 Å². The zero-order valence-electron chi connectivity index (χ0n) is 20.9. The second kappa shape index (κ2) is 9.33. The summed E-state index contributed by atoms with van der Waals surface area (Å²) in [5.41, 5.74) is 19.5. The normalized spacial score (nSPS) is 12.6. The molecule has 10 heteroatoms. The number of anilines is 1. The number of nitrogens with zero attached hydrogens (tertiary/aromatic N) is 5. The van der Waals surface area contributed by atoms with Crippen molar-refractivity contribution in [3.8, 4) is 33.9 Å². The van der Waals surface area contributed by atoms with Crippen molar-refractivity contribution in [1.29, 1.82) is 0 Å². The Hall–Kier alpha value is -4.67. The summed E-state index contributed by atoms with van der Waals surface area (Å²) in [5.74, 6) is 0.247. The molecule has 0 aliphatic heterocycles. The Bertz CT molecular complexity index is 1790. The number of aromatic amines is 2. The minimum absolute atomic E-state index is 0.318. The van der Waals surface area contributed by atoms with E-state index in [0.717, 1.165) is 38.8 Å². The molecule has 0 radical (unpaired) electrons. The second-order valence-corrected chi connectivity index (χ2v) is 9.62. The van der Waals surface area contributed by atoms with Crippen LogP contribution in [-0.2, 0) is 0 Å². The van der Waals surface area contributed by atoms with Crippen molar-refractivity contribution in [3.05, 3.63) is 78.5 Å². The smallest absolute Gasteiger partial charge is 0.159 e. The molecule has 0 amide bonds. The molecule has 190 valence electrons. The largest absolute Gasteiger partial charge is 0.397 e. The lowest BCUT2D eigenvalue weighted by molar-refractivity contribution is 0.376. The van der Waals surface area contributed by atoms with Gasteiger partial charge in [0.25, 0.3) is 0 Å². The van der Waals surface area contributed by atoms with E-state index in [4.69, 9.17) is 16.5 Å². The van der Waals surface area contributed by atoms with Crippen LogP contribution in [0.2, 0.25) is 0 Å². The first-order valence-electron chi connectivity index (χ1n) is 12.1. The van der Waals surface area contributed by atoms with Crippen molar-refractivity contribution < 1.29 is 4.39 Å². The standard InChI is InChI=1S/C28H26FN9/c1-38(2)14-22(31)16-6-15(7-18(29)8-16)20-4-3-5-23-26(20)35-28(34-23)27-21-10-24(33-13-25(21)36-37-27)17-9-19(30)12-32-11-17/h3-13,22H,14,30-31H2,1-2H3,(H,34,35)(H,36,37). The number of halogens is 1. The van der Waals surface area contributed by atoms with Gasteiger partial charge in [-0.1, -0.05) is 12.1 Å². The van der Waals surface area contributed by atoms with Crippen molar-refractivity contribution in [2.45, 2.75) is 6.04 Å². The zero-order chi connectivity index (χ0) is 26.4. The number of imidazole rings is 1. The molecular formula is C28H26FN9. The monoisotopic (exact) mass is 507 g/mol. The van der Waals surface area contributed by atoms with Gasteiger partial charge in [-0.15, -0.1) is 0 Å². The fraction of sp³-hybridized carbons (Fsp3) is 0.143. The maximum Gasteiger partial charge on any atom is 0.159 e. The molecule has 0 saturated heterocycles. The molecule has 2 aromatic carbocycles. The third-order valence-corrected chi connectivity index (χ3v) is 6.46. The van der Waals surface area contributed by atoms with E-state index in [1.54, 1.807) is 18.6 Å². The highest BCUT2D eigenvalue weighted by Crippen LogP contribution is 2.33. The summed E-state index contributed by atoms with van der Waals surface area (Å²) in [6, 6.07) is 14.2. The van der Waals surface area contributed by atoms with E-state index in [1.807, 2.05) is 55.4 Å². The number of H-pyrrole nitrogens is 2. The molecule has 1 unspecified atom stereocenters. The first-order chi connectivity index (χ1) is 18.4. The van der Waals surface area contributed by atoms with Gasteiger partial charge in [-0.2, -0.15) is 5.10 Å². The van der Waals surface area contributed by atoms with Crippen LogP contribution < -0.4 is 11.5 Å². The average molecular weight is 508 g/mol. The van der Waals surface area contributed by atoms with Crippen LogP contribution in [0.5, 0.6) is 0 Å². The number of pyridine rings is 2. The van der Waals surface area contributed by atoms with Crippen LogP contribution in [0.4, 0.5) is 10.1 Å². The molecule has 0 aliphatic rings. The van der Waals surface area contributed by atoms with Crippen molar-refractivity contribution in [2.75, 3.05) is 26.4 Å². The van der Waals surface area contributed by atoms with Crippen molar-refractivity contribution in [3.63, 3.8) is 0 Å². The van der Waals surface area contributed by atoms with Crippen LogP contribution in [-0.4, -0.2) is 55.7 Å². The van der Waals surface area contributed by atoms with E-state index >= 15 is 0 Å². The molecular weight excluding hydrogens is 481 g/mol. The number of rotatable bonds is 6. The van der Waals surface area contributed by atoms with Gasteiger partial charge in [-0.3, -0.25) is 15.1 Å². The molecule has 0 bridgehead atoms. The summed E-state index contributed by atoms with van der Waals surface area (Å²) in [7, 11) is 3.88. The molecule has 0 aliphatic carbocycles. The van der Waals surface area contributed by atoms with Gasteiger partial charge >= 0.3 is 0 Å². The lowest BCUT2D eigenvalue weighted by atomic mass is 9.98. The van der Waals surface area contributed by atoms with E-state index in [9.17, 15) is 4.39 Å². The van der Waals surface area contributed by atoms with Gasteiger partial charge in [0.05, 0.1) is 34.1 Å². The Morgan fingerprint density at radius 2 is 1.87 bits per heavy atom. The van der Waals surface area contributed by atoms with Gasteiger partial charge in [0, 0.05) is 41.5 Å². The first kappa shape index (κ1) is 23.7. The number of aromatic nitrogens is 6. The Kier molecular flexibility index (Phi) is 5.82. The summed E-state index contributed by atoms with van der Waals surface area (Å²) in [4.78, 5) is 18.9. The van der Waals surface area contributed by atoms with E-state index < -0.39 is 0 Å². The van der Waals surface area contributed by atoms with Gasteiger partial charge < -0.3 is 21.4 Å². The molecule has 4 aromatic heterocycles. The predicted molar refractivity (Wildman–Crippen MR) is 147 cm³/mol. The molecule has 6 aromatic rings. The third-order valence-electron chi connectivity index (χ3n) is 6.46. The summed E-state index contributed by atoms with van der Waals surface area (Å²) in [6.45, 7) is 0.606. The van der Waals surface area contributed by atoms with Crippen molar-refractivity contribution >= 4 is 27.6 Å². The number of nitrogen functional groups attached to an aromatic ring is 1. The fourth-order valence-corrected chi connectivity index (χ4v) is 4.71. The maximum atomic E-state index is 14.7. The first-order valence-corrected chi connectivity index (χ1v) is 12.1. The molecule has 9 nitrogen and oxygen atoms in total. The molecule has 6 rings (SSSR count). The fourth-order valence-electron chi connectivity index (χ4n) is 4.71. The molecule has 1 atom stereocenters. The SMILES string of the molecule is CN(C)CC(N)c1cc(F)cc(-c2cccc3[nH]c(-c4n[nH]c5cnc(-c6cncc(N)c6)cc45)nc23)c1. The maximum absolute atomic E-state index is 14.7. The number of para-hydroxylation sites is 1. The number of fused-ring (bicyclic) bond motifs is 2. The highest BCUT2D eigenvalue weighted by atomic mass is 19.1. The highest BCUT2D eigenvalue weighted by Gasteiger charge is 2.18. The second-order valence-electron chi connectivity index (χ2n) is 9.62. The molecule has 38 heavy (non-hydrogen) atoms. The molecule has 4 heterocycles. The van der Waals surface area contributed by atoms with Crippen LogP contribution in [0, 0.1) is 5.82 Å². The summed E-state index contributed by atoms with van der Waals surface area (Å²) in [5, 5.41) is 8.39. The van der Waals surface area contributed by atoms with Crippen LogP contribution in [0.3, 0.4) is 0 Å². The molecule has 0 spiro atoms. The predicted octanol–water partition coefficient (Wildman–Crippen LogP) is 4.51. The summed E-state index contributed by atoms with van der Waals surface area (Å²) in [6.07, 6.45) is 5.04. The Morgan fingerprint density at radius 3 is 2.68 bits per heavy atom. The molecule has 0 saturated carbocycles. The number of nitrogens with two attached hydrogens (primary N) is 2. The Balaban J connectivity index is 1.44. The quantitative estimate of drug-likeness (QED) is 0.260. The summed E-state index contributed by atoms with van der Waals surface area (Å²) >= 11 is 0. The van der Waals surface area contributed by atoms with E-state index in [-0.39, 0.29) is 11.9 Å². The van der Waals surface area contributed by atoms with Gasteiger partial charge in [0.1, 0.15) is 11.5 Å². The lowest BCUT2D eigenvalue weighted by Gasteiger charge is -2.18.